The first-order valence-electron chi connectivity index (χ1n) is 11.6. The van der Waals surface area contributed by atoms with Gasteiger partial charge in [-0.15, -0.1) is 0 Å². The number of likely N-dealkylation sites (tertiary alicyclic amines) is 1. The number of amides is 1. The van der Waals surface area contributed by atoms with E-state index in [2.05, 4.69) is 10.2 Å². The first-order valence-corrected chi connectivity index (χ1v) is 13.0. The van der Waals surface area contributed by atoms with Crippen LogP contribution in [-0.2, 0) is 19.6 Å². The van der Waals surface area contributed by atoms with Gasteiger partial charge in [-0.2, -0.15) is 4.31 Å². The molecule has 1 amide bonds. The first-order chi connectivity index (χ1) is 15.4. The molecule has 2 heterocycles. The van der Waals surface area contributed by atoms with E-state index in [1.54, 1.807) is 12.1 Å². The second-order valence-corrected chi connectivity index (χ2v) is 10.5. The summed E-state index contributed by atoms with van der Waals surface area (Å²) in [6.07, 6.45) is 7.03. The van der Waals surface area contributed by atoms with Gasteiger partial charge in [-0.1, -0.05) is 25.0 Å². The second-order valence-electron chi connectivity index (χ2n) is 8.57. The van der Waals surface area contributed by atoms with Gasteiger partial charge in [0.25, 0.3) is 0 Å². The van der Waals surface area contributed by atoms with Gasteiger partial charge >= 0.3 is 5.97 Å². The van der Waals surface area contributed by atoms with Crippen LogP contribution in [0.4, 0.5) is 0 Å². The normalized spacial score (nSPS) is 19.3. The Hall–Kier alpha value is -1.97. The smallest absolute Gasteiger partial charge is 0.339 e. The number of hydrogen-bond donors (Lipinski definition) is 1. The SMILES string of the molecule is COC(=O)c1ccccc1S(=O)(=O)N1CCC(C(=O)NCCCN2CCCCCC2)CC1. The van der Waals surface area contributed by atoms with Gasteiger partial charge in [0.15, 0.2) is 0 Å². The Bertz CT molecular complexity index is 873. The fourth-order valence-corrected chi connectivity index (χ4v) is 6.14. The lowest BCUT2D eigenvalue weighted by Crippen LogP contribution is -2.43. The van der Waals surface area contributed by atoms with Crippen molar-refractivity contribution >= 4 is 21.9 Å². The van der Waals surface area contributed by atoms with Crippen LogP contribution in [0.2, 0.25) is 0 Å². The molecule has 8 nitrogen and oxygen atoms in total. The maximum Gasteiger partial charge on any atom is 0.339 e. The highest BCUT2D eigenvalue weighted by Gasteiger charge is 2.34. The minimum Gasteiger partial charge on any atom is -0.465 e. The molecule has 0 saturated carbocycles. The summed E-state index contributed by atoms with van der Waals surface area (Å²) in [7, 11) is -2.61. The molecule has 0 radical (unpaired) electrons. The molecule has 3 rings (SSSR count). The van der Waals surface area contributed by atoms with Crippen molar-refractivity contribution in [3.05, 3.63) is 29.8 Å². The van der Waals surface area contributed by atoms with E-state index < -0.39 is 16.0 Å². The van der Waals surface area contributed by atoms with Gasteiger partial charge in [-0.05, 0) is 63.9 Å². The van der Waals surface area contributed by atoms with Crippen LogP contribution in [0, 0.1) is 5.92 Å². The summed E-state index contributed by atoms with van der Waals surface area (Å²) in [5, 5.41) is 3.03. The predicted molar refractivity (Wildman–Crippen MR) is 122 cm³/mol. The van der Waals surface area contributed by atoms with Crippen molar-refractivity contribution in [2.45, 2.75) is 49.8 Å². The highest BCUT2D eigenvalue weighted by atomic mass is 32.2. The van der Waals surface area contributed by atoms with Gasteiger partial charge in [-0.3, -0.25) is 4.79 Å². The van der Waals surface area contributed by atoms with Crippen molar-refractivity contribution in [2.75, 3.05) is 46.4 Å². The van der Waals surface area contributed by atoms with Crippen molar-refractivity contribution in [1.29, 1.82) is 0 Å². The largest absolute Gasteiger partial charge is 0.465 e. The van der Waals surface area contributed by atoms with Crippen LogP contribution in [0.5, 0.6) is 0 Å². The quantitative estimate of drug-likeness (QED) is 0.467. The zero-order chi connectivity index (χ0) is 23.0. The standard InChI is InChI=1S/C23H35N3O5S/c1-31-23(28)20-9-4-5-10-21(20)32(29,30)26-17-11-19(12-18-26)22(27)24-13-8-16-25-14-6-2-3-7-15-25/h4-5,9-10,19H,2-3,6-8,11-18H2,1H3,(H,24,27). The number of methoxy groups -OCH3 is 1. The summed E-state index contributed by atoms with van der Waals surface area (Å²) >= 11 is 0. The third kappa shape index (κ3) is 6.30. The number of nitrogens with zero attached hydrogens (tertiary/aromatic N) is 2. The number of benzene rings is 1. The summed E-state index contributed by atoms with van der Waals surface area (Å²) < 4.78 is 32.3. The zero-order valence-corrected chi connectivity index (χ0v) is 19.7. The molecule has 0 atom stereocenters. The number of rotatable bonds is 8. The lowest BCUT2D eigenvalue weighted by Gasteiger charge is -2.31. The Balaban J connectivity index is 1.47. The average molecular weight is 466 g/mol. The van der Waals surface area contributed by atoms with Gasteiger partial charge in [0.05, 0.1) is 17.6 Å². The number of carbonyl (C=O) groups is 2. The number of sulfonamides is 1. The Morgan fingerprint density at radius 2 is 1.69 bits per heavy atom. The third-order valence-corrected chi connectivity index (χ3v) is 8.34. The maximum absolute atomic E-state index is 13.1. The molecule has 0 aromatic heterocycles. The van der Waals surface area contributed by atoms with E-state index in [1.165, 1.54) is 49.2 Å². The molecule has 0 unspecified atom stereocenters. The molecule has 1 N–H and O–H groups in total. The Morgan fingerprint density at radius 3 is 2.34 bits per heavy atom. The molecule has 2 aliphatic rings. The molecule has 178 valence electrons. The minimum absolute atomic E-state index is 0.00729. The molecule has 0 bridgehead atoms. The van der Waals surface area contributed by atoms with Gasteiger partial charge in [0, 0.05) is 25.6 Å². The molecule has 1 aromatic rings. The van der Waals surface area contributed by atoms with E-state index in [0.29, 0.717) is 19.4 Å². The zero-order valence-electron chi connectivity index (χ0n) is 18.9. The highest BCUT2D eigenvalue weighted by molar-refractivity contribution is 7.89. The molecule has 2 fully saturated rings. The topological polar surface area (TPSA) is 96.0 Å². The van der Waals surface area contributed by atoms with E-state index in [9.17, 15) is 18.0 Å². The first kappa shape index (κ1) is 24.7. The van der Waals surface area contributed by atoms with Crippen LogP contribution in [0.25, 0.3) is 0 Å². The summed E-state index contributed by atoms with van der Waals surface area (Å²) in [5.74, 6) is -0.859. The molecule has 32 heavy (non-hydrogen) atoms. The lowest BCUT2D eigenvalue weighted by atomic mass is 9.97. The Morgan fingerprint density at radius 1 is 1.03 bits per heavy atom. The third-order valence-electron chi connectivity index (χ3n) is 6.38. The van der Waals surface area contributed by atoms with Gasteiger partial charge in [0.1, 0.15) is 0 Å². The van der Waals surface area contributed by atoms with E-state index in [0.717, 1.165) is 26.1 Å². The molecular formula is C23H35N3O5S. The van der Waals surface area contributed by atoms with E-state index in [4.69, 9.17) is 4.74 Å². The minimum atomic E-state index is -3.84. The molecule has 9 heteroatoms. The highest BCUT2D eigenvalue weighted by Crippen LogP contribution is 2.26. The maximum atomic E-state index is 13.1. The van der Waals surface area contributed by atoms with Crippen molar-refractivity contribution in [2.24, 2.45) is 5.92 Å². The predicted octanol–water partition coefficient (Wildman–Crippen LogP) is 2.26. The molecule has 1 aromatic carbocycles. The van der Waals surface area contributed by atoms with Gasteiger partial charge in [-0.25, -0.2) is 13.2 Å². The Kier molecular flexibility index (Phi) is 9.07. The van der Waals surface area contributed by atoms with E-state index >= 15 is 0 Å². The summed E-state index contributed by atoms with van der Waals surface area (Å²) in [6, 6.07) is 6.06. The number of piperidine rings is 1. The molecule has 2 aliphatic heterocycles. The number of esters is 1. The van der Waals surface area contributed by atoms with Gasteiger partial charge < -0.3 is 15.0 Å². The van der Waals surface area contributed by atoms with Crippen molar-refractivity contribution in [1.82, 2.24) is 14.5 Å². The van der Waals surface area contributed by atoms with E-state index in [1.807, 2.05) is 0 Å². The fraction of sp³-hybridized carbons (Fsp3) is 0.652. The number of nitrogens with one attached hydrogen (secondary N) is 1. The van der Waals surface area contributed by atoms with Crippen LogP contribution in [0.1, 0.15) is 55.3 Å². The fourth-order valence-electron chi connectivity index (χ4n) is 4.49. The van der Waals surface area contributed by atoms with Crippen LogP contribution >= 0.6 is 0 Å². The van der Waals surface area contributed by atoms with E-state index in [-0.39, 0.29) is 35.4 Å². The van der Waals surface area contributed by atoms with Crippen LogP contribution in [0.3, 0.4) is 0 Å². The van der Waals surface area contributed by atoms with Crippen molar-refractivity contribution in [3.8, 4) is 0 Å². The van der Waals surface area contributed by atoms with Crippen molar-refractivity contribution < 1.29 is 22.7 Å². The monoisotopic (exact) mass is 465 g/mol. The number of ether oxygens (including phenoxy) is 1. The molecule has 0 aliphatic carbocycles. The summed E-state index contributed by atoms with van der Waals surface area (Å²) in [6.45, 7) is 4.48. The molecular weight excluding hydrogens is 430 g/mol. The van der Waals surface area contributed by atoms with Crippen LogP contribution < -0.4 is 5.32 Å². The summed E-state index contributed by atoms with van der Waals surface area (Å²) in [5.41, 5.74) is 0.0271. The number of carbonyl (C=O) groups excluding carboxylic acids is 2. The van der Waals surface area contributed by atoms with Crippen LogP contribution in [0.15, 0.2) is 29.2 Å². The average Bonchev–Trinajstić information content (AvgIpc) is 3.10. The molecule has 0 spiro atoms. The lowest BCUT2D eigenvalue weighted by molar-refractivity contribution is -0.126. The molecule has 2 saturated heterocycles. The second kappa shape index (κ2) is 11.8. The summed E-state index contributed by atoms with van der Waals surface area (Å²) in [4.78, 5) is 27.0. The number of hydrogen-bond acceptors (Lipinski definition) is 6. The Labute approximate surface area is 191 Å². The van der Waals surface area contributed by atoms with Crippen LogP contribution in [-0.4, -0.2) is 75.9 Å². The van der Waals surface area contributed by atoms with Gasteiger partial charge in [0.2, 0.25) is 15.9 Å². The van der Waals surface area contributed by atoms with Crippen molar-refractivity contribution in [3.63, 3.8) is 0 Å².